The summed E-state index contributed by atoms with van der Waals surface area (Å²) < 4.78 is 0. The van der Waals surface area contributed by atoms with Gasteiger partial charge in [0.15, 0.2) is 0 Å². The molecule has 6 heteroatoms. The molecule has 0 aromatic carbocycles. The monoisotopic (exact) mass is 273 g/mol. The number of pyridine rings is 1. The highest BCUT2D eigenvalue weighted by Crippen LogP contribution is 2.18. The van der Waals surface area contributed by atoms with Gasteiger partial charge in [0.1, 0.15) is 5.82 Å². The van der Waals surface area contributed by atoms with Crippen LogP contribution in [0, 0.1) is 0 Å². The van der Waals surface area contributed by atoms with E-state index in [1.54, 1.807) is 24.3 Å². The Bertz CT molecular complexity index is 566. The van der Waals surface area contributed by atoms with Crippen molar-refractivity contribution < 1.29 is 4.79 Å². The molecule has 2 aromatic rings. The fourth-order valence-corrected chi connectivity index (χ4v) is 1.94. The number of nitrogens with one attached hydrogen (secondary N) is 1. The molecule has 2 rings (SSSR count). The third kappa shape index (κ3) is 3.01. The molecule has 0 spiro atoms. The van der Waals surface area contributed by atoms with Crippen LogP contribution in [0.1, 0.15) is 48.3 Å². The average molecular weight is 273 g/mol. The van der Waals surface area contributed by atoms with Gasteiger partial charge in [0, 0.05) is 25.9 Å². The molecule has 0 aliphatic heterocycles. The van der Waals surface area contributed by atoms with Gasteiger partial charge in [-0.3, -0.25) is 14.9 Å². The van der Waals surface area contributed by atoms with E-state index >= 15 is 0 Å². The maximum absolute atomic E-state index is 12.3. The lowest BCUT2D eigenvalue weighted by Crippen LogP contribution is -2.30. The van der Waals surface area contributed by atoms with E-state index in [-0.39, 0.29) is 17.8 Å². The molecule has 0 saturated heterocycles. The summed E-state index contributed by atoms with van der Waals surface area (Å²) in [5, 5.41) is 6.79. The minimum atomic E-state index is -0.187. The van der Waals surface area contributed by atoms with Crippen molar-refractivity contribution in [3.05, 3.63) is 41.7 Å². The Morgan fingerprint density at radius 1 is 1.40 bits per heavy atom. The SMILES string of the molecule is CCCc1nc(C(=O)N(C)C(C)c2ccncc2)n[nH]1. The first-order chi connectivity index (χ1) is 9.63. The number of aromatic amines is 1. The number of carbonyl (C=O) groups excluding carboxylic acids is 1. The Hall–Kier alpha value is -2.24. The highest BCUT2D eigenvalue weighted by molar-refractivity contribution is 5.90. The maximum Gasteiger partial charge on any atom is 0.293 e. The number of aryl methyl sites for hydroxylation is 1. The summed E-state index contributed by atoms with van der Waals surface area (Å²) in [6.07, 6.45) is 5.20. The van der Waals surface area contributed by atoms with Gasteiger partial charge in [-0.05, 0) is 31.0 Å². The topological polar surface area (TPSA) is 74.8 Å². The largest absolute Gasteiger partial charge is 0.332 e. The van der Waals surface area contributed by atoms with Crippen LogP contribution in [0.5, 0.6) is 0 Å². The Balaban J connectivity index is 2.11. The van der Waals surface area contributed by atoms with E-state index in [2.05, 4.69) is 27.1 Å². The summed E-state index contributed by atoms with van der Waals surface area (Å²) in [5.41, 5.74) is 1.03. The number of hydrogen-bond donors (Lipinski definition) is 1. The van der Waals surface area contributed by atoms with Crippen LogP contribution in [0.25, 0.3) is 0 Å². The number of amides is 1. The van der Waals surface area contributed by atoms with Gasteiger partial charge in [-0.25, -0.2) is 4.98 Å². The second kappa shape index (κ2) is 6.27. The second-order valence-corrected chi connectivity index (χ2v) is 4.73. The van der Waals surface area contributed by atoms with Crippen LogP contribution in [0.15, 0.2) is 24.5 Å². The van der Waals surface area contributed by atoms with Crippen molar-refractivity contribution in [2.75, 3.05) is 7.05 Å². The van der Waals surface area contributed by atoms with Crippen LogP contribution in [-0.2, 0) is 6.42 Å². The molecular formula is C14H19N5O. The number of hydrogen-bond acceptors (Lipinski definition) is 4. The molecule has 2 aromatic heterocycles. The van der Waals surface area contributed by atoms with Gasteiger partial charge in [-0.15, -0.1) is 5.10 Å². The van der Waals surface area contributed by atoms with Crippen LogP contribution in [0.3, 0.4) is 0 Å². The standard InChI is InChI=1S/C14H19N5O/c1-4-5-12-16-13(18-17-12)14(20)19(3)10(2)11-6-8-15-9-7-11/h6-10H,4-5H2,1-3H3,(H,16,17,18). The third-order valence-electron chi connectivity index (χ3n) is 3.30. The van der Waals surface area contributed by atoms with Crippen molar-refractivity contribution in [2.24, 2.45) is 0 Å². The van der Waals surface area contributed by atoms with Crippen molar-refractivity contribution in [3.63, 3.8) is 0 Å². The van der Waals surface area contributed by atoms with Gasteiger partial charge in [-0.2, -0.15) is 0 Å². The molecular weight excluding hydrogens is 254 g/mol. The molecule has 0 aliphatic rings. The summed E-state index contributed by atoms with van der Waals surface area (Å²) in [6, 6.07) is 3.74. The van der Waals surface area contributed by atoms with Crippen molar-refractivity contribution in [1.29, 1.82) is 0 Å². The Morgan fingerprint density at radius 2 is 2.10 bits per heavy atom. The van der Waals surface area contributed by atoms with Gasteiger partial charge < -0.3 is 4.90 Å². The van der Waals surface area contributed by atoms with Crippen molar-refractivity contribution in [3.8, 4) is 0 Å². The molecule has 0 fully saturated rings. The number of H-pyrrole nitrogens is 1. The minimum Gasteiger partial charge on any atom is -0.332 e. The first kappa shape index (κ1) is 14.2. The van der Waals surface area contributed by atoms with Crippen LogP contribution < -0.4 is 0 Å². The van der Waals surface area contributed by atoms with E-state index in [1.165, 1.54) is 0 Å². The van der Waals surface area contributed by atoms with Crippen molar-refractivity contribution in [1.82, 2.24) is 25.1 Å². The quantitative estimate of drug-likeness (QED) is 0.904. The first-order valence-electron chi connectivity index (χ1n) is 6.71. The number of nitrogens with zero attached hydrogens (tertiary/aromatic N) is 4. The Kier molecular flexibility index (Phi) is 4.45. The molecule has 20 heavy (non-hydrogen) atoms. The van der Waals surface area contributed by atoms with Crippen molar-refractivity contribution in [2.45, 2.75) is 32.7 Å². The van der Waals surface area contributed by atoms with Gasteiger partial charge in [-0.1, -0.05) is 6.92 Å². The lowest BCUT2D eigenvalue weighted by atomic mass is 10.1. The normalized spacial score (nSPS) is 12.2. The van der Waals surface area contributed by atoms with E-state index < -0.39 is 0 Å². The minimum absolute atomic E-state index is 0.0568. The Morgan fingerprint density at radius 3 is 2.75 bits per heavy atom. The van der Waals surface area contributed by atoms with Gasteiger partial charge in [0.05, 0.1) is 6.04 Å². The molecule has 0 aliphatic carbocycles. The van der Waals surface area contributed by atoms with Crippen molar-refractivity contribution >= 4 is 5.91 Å². The maximum atomic E-state index is 12.3. The molecule has 0 radical (unpaired) electrons. The number of aromatic nitrogens is 4. The molecule has 1 atom stereocenters. The molecule has 0 bridgehead atoms. The highest BCUT2D eigenvalue weighted by atomic mass is 16.2. The zero-order valence-electron chi connectivity index (χ0n) is 12.0. The lowest BCUT2D eigenvalue weighted by molar-refractivity contribution is 0.0730. The lowest BCUT2D eigenvalue weighted by Gasteiger charge is -2.23. The van der Waals surface area contributed by atoms with Crippen LogP contribution in [0.4, 0.5) is 0 Å². The highest BCUT2D eigenvalue weighted by Gasteiger charge is 2.22. The molecule has 1 amide bonds. The number of carbonyl (C=O) groups is 1. The summed E-state index contributed by atoms with van der Waals surface area (Å²) in [4.78, 5) is 22.2. The van der Waals surface area contributed by atoms with E-state index in [4.69, 9.17) is 0 Å². The fraction of sp³-hybridized carbons (Fsp3) is 0.429. The van der Waals surface area contributed by atoms with Crippen LogP contribution in [-0.4, -0.2) is 38.0 Å². The number of rotatable bonds is 5. The first-order valence-corrected chi connectivity index (χ1v) is 6.71. The molecule has 2 heterocycles. The summed E-state index contributed by atoms with van der Waals surface area (Å²) in [5.74, 6) is 0.783. The van der Waals surface area contributed by atoms with Crippen LogP contribution in [0.2, 0.25) is 0 Å². The van der Waals surface area contributed by atoms with E-state index in [0.29, 0.717) is 0 Å². The van der Waals surface area contributed by atoms with E-state index in [9.17, 15) is 4.79 Å². The van der Waals surface area contributed by atoms with Gasteiger partial charge in [0.25, 0.3) is 5.91 Å². The molecule has 1 unspecified atom stereocenters. The molecule has 6 nitrogen and oxygen atoms in total. The zero-order chi connectivity index (χ0) is 14.5. The average Bonchev–Trinajstić information content (AvgIpc) is 2.95. The fourth-order valence-electron chi connectivity index (χ4n) is 1.94. The molecule has 1 N–H and O–H groups in total. The molecule has 0 saturated carbocycles. The van der Waals surface area contributed by atoms with Crippen LogP contribution >= 0.6 is 0 Å². The summed E-state index contributed by atoms with van der Waals surface area (Å²) >= 11 is 0. The predicted octanol–water partition coefficient (Wildman–Crippen LogP) is 1.99. The van der Waals surface area contributed by atoms with Gasteiger partial charge >= 0.3 is 0 Å². The Labute approximate surface area is 118 Å². The zero-order valence-corrected chi connectivity index (χ0v) is 12.0. The second-order valence-electron chi connectivity index (χ2n) is 4.73. The summed E-state index contributed by atoms with van der Waals surface area (Å²) in [6.45, 7) is 4.02. The molecule has 106 valence electrons. The van der Waals surface area contributed by atoms with E-state index in [1.807, 2.05) is 19.1 Å². The summed E-state index contributed by atoms with van der Waals surface area (Å²) in [7, 11) is 1.75. The smallest absolute Gasteiger partial charge is 0.293 e. The van der Waals surface area contributed by atoms with Gasteiger partial charge in [0.2, 0.25) is 5.82 Å². The van der Waals surface area contributed by atoms with E-state index in [0.717, 1.165) is 24.2 Å². The predicted molar refractivity (Wildman–Crippen MR) is 75.1 cm³/mol. The third-order valence-corrected chi connectivity index (χ3v) is 3.30.